The average Bonchev–Trinajstić information content (AvgIpc) is 3.60. The van der Waals surface area contributed by atoms with Gasteiger partial charge >= 0.3 is 0 Å². The molecule has 2 aromatic carbocycles. The van der Waals surface area contributed by atoms with Crippen LogP contribution in [0.1, 0.15) is 34.3 Å². The van der Waals surface area contributed by atoms with E-state index in [0.717, 1.165) is 24.0 Å². The number of carbonyl (C=O) groups excluding carboxylic acids is 2. The molecule has 1 aliphatic rings. The monoisotopic (exact) mass is 415 g/mol. The molecule has 0 spiro atoms. The molecule has 0 atom stereocenters. The fourth-order valence-electron chi connectivity index (χ4n) is 3.23. The number of nitrogens with zero attached hydrogens (tertiary/aromatic N) is 1. The molecular formula is C25H25N3O3. The molecular weight excluding hydrogens is 390 g/mol. The first kappa shape index (κ1) is 20.6. The second kappa shape index (κ2) is 9.43. The zero-order valence-electron chi connectivity index (χ0n) is 17.4. The molecule has 1 aliphatic carbocycles. The quantitative estimate of drug-likeness (QED) is 0.568. The molecule has 4 rings (SSSR count). The average molecular weight is 415 g/mol. The summed E-state index contributed by atoms with van der Waals surface area (Å²) in [7, 11) is 0. The van der Waals surface area contributed by atoms with Crippen molar-refractivity contribution in [2.45, 2.75) is 26.2 Å². The molecule has 1 saturated carbocycles. The van der Waals surface area contributed by atoms with E-state index < -0.39 is 0 Å². The van der Waals surface area contributed by atoms with Crippen molar-refractivity contribution in [1.29, 1.82) is 0 Å². The number of anilines is 1. The van der Waals surface area contributed by atoms with Gasteiger partial charge in [-0.1, -0.05) is 29.8 Å². The van der Waals surface area contributed by atoms with Crippen LogP contribution < -0.4 is 15.4 Å². The number of aryl methyl sites for hydroxylation is 1. The zero-order valence-corrected chi connectivity index (χ0v) is 17.4. The number of rotatable bonds is 8. The molecule has 158 valence electrons. The van der Waals surface area contributed by atoms with Crippen LogP contribution in [0.15, 0.2) is 66.9 Å². The van der Waals surface area contributed by atoms with Gasteiger partial charge in [0.05, 0.1) is 0 Å². The lowest BCUT2D eigenvalue weighted by Crippen LogP contribution is -2.25. The maximum Gasteiger partial charge on any atom is 0.251 e. The fourth-order valence-corrected chi connectivity index (χ4v) is 3.23. The van der Waals surface area contributed by atoms with Gasteiger partial charge in [-0.25, -0.2) is 4.98 Å². The second-order valence-electron chi connectivity index (χ2n) is 7.77. The van der Waals surface area contributed by atoms with E-state index in [1.54, 1.807) is 18.3 Å². The number of hydrogen-bond acceptors (Lipinski definition) is 4. The Morgan fingerprint density at radius 2 is 1.84 bits per heavy atom. The Hall–Kier alpha value is -3.67. The van der Waals surface area contributed by atoms with Gasteiger partial charge in [0, 0.05) is 30.3 Å². The molecule has 2 amide bonds. The SMILES string of the molecule is Cc1cccc(C(=O)NCCc2cccc(Oc3ccnc(NC(=O)C4CC4)c3)c2)c1. The summed E-state index contributed by atoms with van der Waals surface area (Å²) < 4.78 is 5.95. The summed E-state index contributed by atoms with van der Waals surface area (Å²) in [6.45, 7) is 2.50. The first-order valence-corrected chi connectivity index (χ1v) is 10.5. The molecule has 0 unspecified atom stereocenters. The van der Waals surface area contributed by atoms with Gasteiger partial charge in [0.2, 0.25) is 5.91 Å². The Morgan fingerprint density at radius 1 is 1.03 bits per heavy atom. The molecule has 0 bridgehead atoms. The van der Waals surface area contributed by atoms with Crippen LogP contribution in [0.3, 0.4) is 0 Å². The standard InChI is InChI=1S/C25H25N3O3/c1-17-4-2-6-20(14-17)24(29)27-12-10-18-5-3-7-21(15-18)31-22-11-13-26-23(16-22)28-25(30)19-8-9-19/h2-7,11,13-16,19H,8-10,12H2,1H3,(H,27,29)(H,26,28,30). The molecule has 1 aromatic heterocycles. The Kier molecular flexibility index (Phi) is 6.26. The van der Waals surface area contributed by atoms with Gasteiger partial charge in [-0.05, 0) is 62.1 Å². The molecule has 0 saturated heterocycles. The Morgan fingerprint density at radius 3 is 2.65 bits per heavy atom. The van der Waals surface area contributed by atoms with E-state index in [2.05, 4.69) is 15.6 Å². The van der Waals surface area contributed by atoms with Crippen molar-refractivity contribution in [2.75, 3.05) is 11.9 Å². The number of benzene rings is 2. The van der Waals surface area contributed by atoms with Gasteiger partial charge in [0.15, 0.2) is 0 Å². The minimum atomic E-state index is -0.0753. The summed E-state index contributed by atoms with van der Waals surface area (Å²) in [6, 6.07) is 18.7. The van der Waals surface area contributed by atoms with Crippen molar-refractivity contribution < 1.29 is 14.3 Å². The minimum absolute atomic E-state index is 0.0133. The normalized spacial score (nSPS) is 12.8. The van der Waals surface area contributed by atoms with Crippen molar-refractivity contribution in [3.63, 3.8) is 0 Å². The summed E-state index contributed by atoms with van der Waals surface area (Å²) in [4.78, 5) is 28.4. The summed E-state index contributed by atoms with van der Waals surface area (Å²) in [5.74, 6) is 1.84. The maximum atomic E-state index is 12.3. The first-order chi connectivity index (χ1) is 15.1. The highest BCUT2D eigenvalue weighted by atomic mass is 16.5. The van der Waals surface area contributed by atoms with Crippen LogP contribution in [-0.4, -0.2) is 23.3 Å². The van der Waals surface area contributed by atoms with Crippen LogP contribution in [0, 0.1) is 12.8 Å². The third-order valence-corrected chi connectivity index (χ3v) is 5.04. The van der Waals surface area contributed by atoms with Crippen LogP contribution in [0.4, 0.5) is 5.82 Å². The molecule has 6 heteroatoms. The Balaban J connectivity index is 1.32. The fraction of sp³-hybridized carbons (Fsp3) is 0.240. The number of amides is 2. The summed E-state index contributed by atoms with van der Waals surface area (Å²) in [5.41, 5.74) is 2.78. The Labute approximate surface area is 181 Å². The smallest absolute Gasteiger partial charge is 0.251 e. The summed E-state index contributed by atoms with van der Waals surface area (Å²) in [5, 5.41) is 5.78. The molecule has 31 heavy (non-hydrogen) atoms. The minimum Gasteiger partial charge on any atom is -0.457 e. The van der Waals surface area contributed by atoms with E-state index in [-0.39, 0.29) is 17.7 Å². The van der Waals surface area contributed by atoms with E-state index in [1.807, 2.05) is 55.5 Å². The van der Waals surface area contributed by atoms with Crippen LogP contribution in [0.25, 0.3) is 0 Å². The zero-order chi connectivity index (χ0) is 21.6. The number of nitrogens with one attached hydrogen (secondary N) is 2. The molecule has 1 fully saturated rings. The van der Waals surface area contributed by atoms with Crippen LogP contribution in [0.5, 0.6) is 11.5 Å². The van der Waals surface area contributed by atoms with Crippen LogP contribution in [-0.2, 0) is 11.2 Å². The number of hydrogen-bond donors (Lipinski definition) is 2. The summed E-state index contributed by atoms with van der Waals surface area (Å²) in [6.07, 6.45) is 4.19. The van der Waals surface area contributed by atoms with Gasteiger partial charge < -0.3 is 15.4 Å². The van der Waals surface area contributed by atoms with Crippen LogP contribution in [0.2, 0.25) is 0 Å². The number of carbonyl (C=O) groups is 2. The van der Waals surface area contributed by atoms with E-state index >= 15 is 0 Å². The third-order valence-electron chi connectivity index (χ3n) is 5.04. The third kappa shape index (κ3) is 5.92. The van der Waals surface area contributed by atoms with E-state index in [9.17, 15) is 9.59 Å². The van der Waals surface area contributed by atoms with Gasteiger partial charge in [-0.3, -0.25) is 9.59 Å². The maximum absolute atomic E-state index is 12.3. The van der Waals surface area contributed by atoms with E-state index in [4.69, 9.17) is 4.74 Å². The second-order valence-corrected chi connectivity index (χ2v) is 7.77. The molecule has 2 N–H and O–H groups in total. The number of ether oxygens (including phenoxy) is 1. The highest BCUT2D eigenvalue weighted by Gasteiger charge is 2.29. The number of pyridine rings is 1. The summed E-state index contributed by atoms with van der Waals surface area (Å²) >= 11 is 0. The van der Waals surface area contributed by atoms with Gasteiger partial charge in [0.1, 0.15) is 17.3 Å². The lowest BCUT2D eigenvalue weighted by molar-refractivity contribution is -0.117. The Bertz CT molecular complexity index is 1090. The predicted molar refractivity (Wildman–Crippen MR) is 119 cm³/mol. The van der Waals surface area contributed by atoms with E-state index in [1.165, 1.54) is 0 Å². The van der Waals surface area contributed by atoms with Crippen molar-refractivity contribution in [3.8, 4) is 11.5 Å². The highest BCUT2D eigenvalue weighted by Crippen LogP contribution is 2.30. The largest absolute Gasteiger partial charge is 0.457 e. The topological polar surface area (TPSA) is 80.3 Å². The lowest BCUT2D eigenvalue weighted by atomic mass is 10.1. The highest BCUT2D eigenvalue weighted by molar-refractivity contribution is 5.94. The lowest BCUT2D eigenvalue weighted by Gasteiger charge is -2.10. The number of aromatic nitrogens is 1. The molecule has 3 aromatic rings. The van der Waals surface area contributed by atoms with Gasteiger partial charge in [0.25, 0.3) is 5.91 Å². The van der Waals surface area contributed by atoms with Crippen LogP contribution >= 0.6 is 0 Å². The van der Waals surface area contributed by atoms with E-state index in [0.29, 0.717) is 35.8 Å². The molecule has 0 aliphatic heterocycles. The van der Waals surface area contributed by atoms with Crippen molar-refractivity contribution in [3.05, 3.63) is 83.6 Å². The predicted octanol–water partition coefficient (Wildman–Crippen LogP) is 4.50. The molecule has 0 radical (unpaired) electrons. The molecule has 6 nitrogen and oxygen atoms in total. The van der Waals surface area contributed by atoms with Crippen molar-refractivity contribution >= 4 is 17.6 Å². The molecule has 1 heterocycles. The van der Waals surface area contributed by atoms with Crippen molar-refractivity contribution in [2.24, 2.45) is 5.92 Å². The van der Waals surface area contributed by atoms with Gasteiger partial charge in [-0.15, -0.1) is 0 Å². The van der Waals surface area contributed by atoms with Gasteiger partial charge in [-0.2, -0.15) is 0 Å². The van der Waals surface area contributed by atoms with Crippen molar-refractivity contribution in [1.82, 2.24) is 10.3 Å². The first-order valence-electron chi connectivity index (χ1n) is 10.5.